The van der Waals surface area contributed by atoms with Gasteiger partial charge in [-0.25, -0.2) is 0 Å². The van der Waals surface area contributed by atoms with Crippen LogP contribution in [0, 0.1) is 5.41 Å². The summed E-state index contributed by atoms with van der Waals surface area (Å²) in [6.45, 7) is 0.617. The highest BCUT2D eigenvalue weighted by molar-refractivity contribution is 6.01. The average molecular weight is 239 g/mol. The summed E-state index contributed by atoms with van der Waals surface area (Å²) in [5, 5.41) is 0. The molecule has 1 atom stereocenters. The lowest BCUT2D eigenvalue weighted by molar-refractivity contribution is -0.128. The molecule has 1 saturated carbocycles. The molecule has 4 N–H and O–H groups in total. The Hall–Kier alpha value is -0.740. The van der Waals surface area contributed by atoms with E-state index < -0.39 is 11.5 Å². The first-order valence-electron chi connectivity index (χ1n) is 6.55. The summed E-state index contributed by atoms with van der Waals surface area (Å²) < 4.78 is 0. The smallest absolute Gasteiger partial charge is 0.213 e. The van der Waals surface area contributed by atoms with Gasteiger partial charge in [-0.3, -0.25) is 9.59 Å². The van der Waals surface area contributed by atoms with Crippen LogP contribution in [0.25, 0.3) is 0 Å². The van der Waals surface area contributed by atoms with Crippen LogP contribution in [-0.4, -0.2) is 24.7 Å². The molecule has 1 rings (SSSR count). The van der Waals surface area contributed by atoms with Crippen molar-refractivity contribution in [1.82, 2.24) is 0 Å². The molecule has 0 saturated heterocycles. The maximum absolute atomic E-state index is 12.2. The fourth-order valence-electron chi connectivity index (χ4n) is 2.55. The van der Waals surface area contributed by atoms with E-state index in [1.54, 1.807) is 0 Å². The predicted molar refractivity (Wildman–Crippen MR) is 67.1 cm³/mol. The van der Waals surface area contributed by atoms with Crippen LogP contribution in [0.15, 0.2) is 0 Å². The Morgan fingerprint density at radius 2 is 1.88 bits per heavy atom. The Morgan fingerprint density at radius 1 is 1.24 bits per heavy atom. The first-order chi connectivity index (χ1) is 8.16. The van der Waals surface area contributed by atoms with Gasteiger partial charge in [0.25, 0.3) is 0 Å². The average Bonchev–Trinajstić information content (AvgIpc) is 2.38. The van der Waals surface area contributed by atoms with Gasteiger partial charge in [0.2, 0.25) is 6.29 Å². The second-order valence-corrected chi connectivity index (χ2v) is 5.00. The predicted octanol–water partition coefficient (Wildman–Crippen LogP) is 1.07. The van der Waals surface area contributed by atoms with Crippen LogP contribution in [0.3, 0.4) is 0 Å². The molecule has 1 radical (unpaired) electrons. The molecule has 97 valence electrons. The SMILES string of the molecule is NCCCC[C@@H](N)C(=O)C1([C]=O)CCCCC1. The number of rotatable bonds is 7. The van der Waals surface area contributed by atoms with Gasteiger partial charge >= 0.3 is 0 Å². The molecule has 0 aromatic rings. The molecule has 1 aliphatic rings. The van der Waals surface area contributed by atoms with Crippen LogP contribution in [0.1, 0.15) is 51.4 Å². The molecule has 4 nitrogen and oxygen atoms in total. The Balaban J connectivity index is 2.55. The summed E-state index contributed by atoms with van der Waals surface area (Å²) in [6.07, 6.45) is 8.53. The van der Waals surface area contributed by atoms with Crippen LogP contribution in [0.4, 0.5) is 0 Å². The first-order valence-corrected chi connectivity index (χ1v) is 6.55. The summed E-state index contributed by atoms with van der Waals surface area (Å²) in [4.78, 5) is 23.4. The minimum absolute atomic E-state index is 0.107. The van der Waals surface area contributed by atoms with Gasteiger partial charge in [0.1, 0.15) is 0 Å². The van der Waals surface area contributed by atoms with E-state index in [2.05, 4.69) is 0 Å². The van der Waals surface area contributed by atoms with Crippen molar-refractivity contribution in [2.24, 2.45) is 16.9 Å². The molecule has 0 aromatic heterocycles. The third kappa shape index (κ3) is 3.61. The minimum atomic E-state index is -0.902. The second-order valence-electron chi connectivity index (χ2n) is 5.00. The second kappa shape index (κ2) is 6.87. The Morgan fingerprint density at radius 3 is 2.41 bits per heavy atom. The monoisotopic (exact) mass is 239 g/mol. The number of hydrogen-bond acceptors (Lipinski definition) is 4. The van der Waals surface area contributed by atoms with E-state index in [4.69, 9.17) is 11.5 Å². The number of Topliss-reactive ketones (excluding diaryl/α,β-unsaturated/α-hetero) is 1. The Bertz CT molecular complexity index is 260. The van der Waals surface area contributed by atoms with Crippen molar-refractivity contribution in [3.63, 3.8) is 0 Å². The van der Waals surface area contributed by atoms with E-state index in [-0.39, 0.29) is 5.78 Å². The summed E-state index contributed by atoms with van der Waals surface area (Å²) >= 11 is 0. The normalized spacial score (nSPS) is 20.8. The van der Waals surface area contributed by atoms with Gasteiger partial charge in [-0.2, -0.15) is 0 Å². The Kier molecular flexibility index (Phi) is 5.78. The maximum Gasteiger partial charge on any atom is 0.213 e. The number of nitrogens with two attached hydrogens (primary N) is 2. The van der Waals surface area contributed by atoms with Gasteiger partial charge < -0.3 is 11.5 Å². The topological polar surface area (TPSA) is 86.2 Å². The van der Waals surface area contributed by atoms with Gasteiger partial charge in [0.05, 0.1) is 11.5 Å². The molecule has 4 heteroatoms. The van der Waals surface area contributed by atoms with E-state index in [0.29, 0.717) is 25.8 Å². The van der Waals surface area contributed by atoms with Crippen molar-refractivity contribution in [2.45, 2.75) is 57.4 Å². The van der Waals surface area contributed by atoms with Crippen molar-refractivity contribution >= 4 is 12.1 Å². The first kappa shape index (κ1) is 14.3. The van der Waals surface area contributed by atoms with Gasteiger partial charge in [-0.15, -0.1) is 0 Å². The molecule has 0 heterocycles. The molecule has 0 bridgehead atoms. The number of unbranched alkanes of at least 4 members (excludes halogenated alkanes) is 1. The van der Waals surface area contributed by atoms with Gasteiger partial charge in [0, 0.05) is 0 Å². The molecule has 0 unspecified atom stereocenters. The van der Waals surface area contributed by atoms with E-state index in [0.717, 1.165) is 32.1 Å². The zero-order valence-corrected chi connectivity index (χ0v) is 10.4. The number of hydrogen-bond donors (Lipinski definition) is 2. The zero-order chi connectivity index (χ0) is 12.7. The highest BCUT2D eigenvalue weighted by Gasteiger charge is 2.42. The fourth-order valence-corrected chi connectivity index (χ4v) is 2.55. The van der Waals surface area contributed by atoms with Crippen molar-refractivity contribution in [2.75, 3.05) is 6.54 Å². The molecular weight excluding hydrogens is 216 g/mol. The molecule has 17 heavy (non-hydrogen) atoms. The highest BCUT2D eigenvalue weighted by Crippen LogP contribution is 2.36. The lowest BCUT2D eigenvalue weighted by Crippen LogP contribution is -2.45. The van der Waals surface area contributed by atoms with Crippen LogP contribution < -0.4 is 11.5 Å². The third-order valence-corrected chi connectivity index (χ3v) is 3.68. The van der Waals surface area contributed by atoms with E-state index in [1.807, 2.05) is 6.29 Å². The maximum atomic E-state index is 12.2. The van der Waals surface area contributed by atoms with Crippen molar-refractivity contribution in [3.05, 3.63) is 0 Å². The lowest BCUT2D eigenvalue weighted by Gasteiger charge is -2.31. The van der Waals surface area contributed by atoms with Crippen molar-refractivity contribution < 1.29 is 9.59 Å². The van der Waals surface area contributed by atoms with Gasteiger partial charge in [-0.1, -0.05) is 25.7 Å². The lowest BCUT2D eigenvalue weighted by atomic mass is 9.70. The number of carbonyl (C=O) groups is 1. The molecule has 0 spiro atoms. The quantitative estimate of drug-likeness (QED) is 0.514. The molecular formula is C13H23N2O2. The minimum Gasteiger partial charge on any atom is -0.330 e. The van der Waals surface area contributed by atoms with Crippen LogP contribution >= 0.6 is 0 Å². The van der Waals surface area contributed by atoms with Gasteiger partial charge in [0.15, 0.2) is 5.78 Å². The van der Waals surface area contributed by atoms with E-state index >= 15 is 0 Å². The molecule has 0 aromatic carbocycles. The van der Waals surface area contributed by atoms with E-state index in [9.17, 15) is 9.59 Å². The molecule has 1 aliphatic carbocycles. The zero-order valence-electron chi connectivity index (χ0n) is 10.4. The molecule has 1 fully saturated rings. The van der Waals surface area contributed by atoms with Crippen LogP contribution in [-0.2, 0) is 9.59 Å². The fraction of sp³-hybridized carbons (Fsp3) is 0.846. The van der Waals surface area contributed by atoms with Crippen LogP contribution in [0.5, 0.6) is 0 Å². The summed E-state index contributed by atoms with van der Waals surface area (Å²) in [5.41, 5.74) is 10.4. The number of ketones is 1. The highest BCUT2D eigenvalue weighted by atomic mass is 16.1. The largest absolute Gasteiger partial charge is 0.330 e. The van der Waals surface area contributed by atoms with E-state index in [1.165, 1.54) is 0 Å². The Labute approximate surface area is 103 Å². The van der Waals surface area contributed by atoms with Crippen LogP contribution in [0.2, 0.25) is 0 Å². The van der Waals surface area contributed by atoms with Gasteiger partial charge in [-0.05, 0) is 32.2 Å². The molecule has 0 amide bonds. The standard InChI is InChI=1S/C13H23N2O2/c14-9-5-2-6-11(15)12(17)13(10-16)7-3-1-4-8-13/h11H,1-9,14-15H2/t11-/m1/s1. The number of carbonyl (C=O) groups excluding carboxylic acids is 2. The van der Waals surface area contributed by atoms with Crippen molar-refractivity contribution in [1.29, 1.82) is 0 Å². The van der Waals surface area contributed by atoms with Crippen molar-refractivity contribution in [3.8, 4) is 0 Å². The summed E-state index contributed by atoms with van der Waals surface area (Å²) in [5.74, 6) is -0.107. The third-order valence-electron chi connectivity index (χ3n) is 3.68. The molecule has 0 aliphatic heterocycles. The summed E-state index contributed by atoms with van der Waals surface area (Å²) in [6, 6.07) is -0.527. The summed E-state index contributed by atoms with van der Waals surface area (Å²) in [7, 11) is 0.